The van der Waals surface area contributed by atoms with Gasteiger partial charge in [-0.2, -0.15) is 5.10 Å². The quantitative estimate of drug-likeness (QED) is 0.720. The summed E-state index contributed by atoms with van der Waals surface area (Å²) in [5.74, 6) is -0.126. The molecule has 6 heteroatoms. The van der Waals surface area contributed by atoms with Gasteiger partial charge in [0.2, 0.25) is 0 Å². The monoisotopic (exact) mass is 339 g/mol. The molecule has 0 aliphatic carbocycles. The Hall–Kier alpha value is -3.15. The van der Waals surface area contributed by atoms with Crippen LogP contribution in [0.25, 0.3) is 0 Å². The fourth-order valence-corrected chi connectivity index (χ4v) is 2.38. The van der Waals surface area contributed by atoms with Gasteiger partial charge in [-0.25, -0.2) is 4.39 Å². The Bertz CT molecular complexity index is 817. The van der Waals surface area contributed by atoms with E-state index in [4.69, 9.17) is 4.74 Å². The number of hydrogen-bond donors (Lipinski definition) is 1. The molecule has 0 atom stereocenters. The minimum absolute atomic E-state index is 0.118. The Morgan fingerprint density at radius 2 is 1.84 bits per heavy atom. The highest BCUT2D eigenvalue weighted by atomic mass is 19.1. The number of carbonyl (C=O) groups is 1. The Morgan fingerprint density at radius 3 is 2.56 bits per heavy atom. The minimum atomic E-state index is -0.342. The number of aromatic nitrogens is 2. The molecule has 25 heavy (non-hydrogen) atoms. The van der Waals surface area contributed by atoms with E-state index < -0.39 is 0 Å². The number of halogens is 1. The summed E-state index contributed by atoms with van der Waals surface area (Å²) in [6.45, 7) is 0.932. The van der Waals surface area contributed by atoms with Gasteiger partial charge in [0, 0.05) is 18.9 Å². The maximum Gasteiger partial charge on any atom is 0.258 e. The van der Waals surface area contributed by atoms with Gasteiger partial charge in [-0.05, 0) is 41.5 Å². The van der Waals surface area contributed by atoms with E-state index in [1.807, 2.05) is 41.2 Å². The van der Waals surface area contributed by atoms with Crippen molar-refractivity contribution in [1.82, 2.24) is 15.1 Å². The highest BCUT2D eigenvalue weighted by molar-refractivity contribution is 5.77. The van der Waals surface area contributed by atoms with Crippen LogP contribution in [0.2, 0.25) is 0 Å². The number of benzene rings is 2. The number of carbonyl (C=O) groups excluding carboxylic acids is 1. The van der Waals surface area contributed by atoms with E-state index in [2.05, 4.69) is 10.4 Å². The van der Waals surface area contributed by atoms with E-state index in [-0.39, 0.29) is 18.3 Å². The van der Waals surface area contributed by atoms with Crippen molar-refractivity contribution in [3.63, 3.8) is 0 Å². The zero-order valence-corrected chi connectivity index (χ0v) is 13.6. The number of nitrogens with zero attached hydrogens (tertiary/aromatic N) is 2. The molecule has 128 valence electrons. The molecule has 0 radical (unpaired) electrons. The first kappa shape index (κ1) is 16.7. The number of ether oxygens (including phenoxy) is 1. The van der Waals surface area contributed by atoms with Crippen molar-refractivity contribution in [2.45, 2.75) is 13.1 Å². The van der Waals surface area contributed by atoms with Crippen molar-refractivity contribution >= 4 is 5.91 Å². The predicted octanol–water partition coefficient (Wildman–Crippen LogP) is 2.77. The molecule has 1 amide bonds. The second kappa shape index (κ2) is 8.10. The second-order valence-corrected chi connectivity index (χ2v) is 5.49. The van der Waals surface area contributed by atoms with Crippen LogP contribution < -0.4 is 10.1 Å². The zero-order chi connectivity index (χ0) is 17.5. The molecule has 0 fully saturated rings. The van der Waals surface area contributed by atoms with Gasteiger partial charge in [0.15, 0.2) is 6.61 Å². The van der Waals surface area contributed by atoms with Gasteiger partial charge in [-0.1, -0.05) is 24.3 Å². The van der Waals surface area contributed by atoms with Crippen molar-refractivity contribution in [2.75, 3.05) is 6.61 Å². The highest BCUT2D eigenvalue weighted by Crippen LogP contribution is 2.12. The van der Waals surface area contributed by atoms with Crippen LogP contribution in [0.5, 0.6) is 5.75 Å². The molecular formula is C19H18FN3O2. The number of nitrogens with one attached hydrogen (secondary N) is 1. The summed E-state index contributed by atoms with van der Waals surface area (Å²) in [6.07, 6.45) is 3.63. The van der Waals surface area contributed by atoms with Crippen molar-refractivity contribution in [3.8, 4) is 5.75 Å². The third-order valence-corrected chi connectivity index (χ3v) is 3.67. The van der Waals surface area contributed by atoms with Crippen LogP contribution in [0, 0.1) is 5.82 Å². The van der Waals surface area contributed by atoms with Crippen LogP contribution in [0.3, 0.4) is 0 Å². The molecular weight excluding hydrogens is 321 g/mol. The molecule has 1 heterocycles. The summed E-state index contributed by atoms with van der Waals surface area (Å²) in [4.78, 5) is 12.0. The molecule has 0 saturated heterocycles. The first-order chi connectivity index (χ1) is 12.2. The zero-order valence-electron chi connectivity index (χ0n) is 13.6. The molecule has 0 aliphatic rings. The number of amides is 1. The molecule has 0 unspecified atom stereocenters. The summed E-state index contributed by atoms with van der Waals surface area (Å²) < 4.78 is 20.0. The van der Waals surface area contributed by atoms with E-state index in [1.165, 1.54) is 24.3 Å². The van der Waals surface area contributed by atoms with Gasteiger partial charge in [0.05, 0.1) is 6.54 Å². The lowest BCUT2D eigenvalue weighted by Crippen LogP contribution is -2.28. The highest BCUT2D eigenvalue weighted by Gasteiger charge is 2.07. The lowest BCUT2D eigenvalue weighted by atomic mass is 10.1. The minimum Gasteiger partial charge on any atom is -0.484 e. The lowest BCUT2D eigenvalue weighted by Gasteiger charge is -2.11. The molecule has 0 aliphatic heterocycles. The maximum absolute atomic E-state index is 12.8. The van der Waals surface area contributed by atoms with Crippen LogP contribution in [0.15, 0.2) is 67.0 Å². The van der Waals surface area contributed by atoms with Crippen molar-refractivity contribution in [2.24, 2.45) is 0 Å². The summed E-state index contributed by atoms with van der Waals surface area (Å²) >= 11 is 0. The normalized spacial score (nSPS) is 10.4. The SMILES string of the molecule is O=C(COc1ccc(F)cc1)NCc1ccccc1Cn1cccn1. The van der Waals surface area contributed by atoms with E-state index in [9.17, 15) is 9.18 Å². The first-order valence-electron chi connectivity index (χ1n) is 7.90. The molecule has 3 rings (SSSR count). The topological polar surface area (TPSA) is 56.1 Å². The molecule has 5 nitrogen and oxygen atoms in total. The largest absolute Gasteiger partial charge is 0.484 e. The van der Waals surface area contributed by atoms with Crippen LogP contribution in [-0.4, -0.2) is 22.3 Å². The smallest absolute Gasteiger partial charge is 0.258 e. The van der Waals surface area contributed by atoms with Gasteiger partial charge in [-0.15, -0.1) is 0 Å². The van der Waals surface area contributed by atoms with Crippen LogP contribution >= 0.6 is 0 Å². The van der Waals surface area contributed by atoms with Crippen molar-refractivity contribution in [3.05, 3.63) is 83.9 Å². The first-order valence-corrected chi connectivity index (χ1v) is 7.90. The summed E-state index contributed by atoms with van der Waals surface area (Å²) in [5.41, 5.74) is 2.11. The average Bonchev–Trinajstić information content (AvgIpc) is 3.13. The van der Waals surface area contributed by atoms with E-state index in [1.54, 1.807) is 6.20 Å². The molecule has 1 N–H and O–H groups in total. The molecule has 0 saturated carbocycles. The van der Waals surface area contributed by atoms with Gasteiger partial charge in [-0.3, -0.25) is 9.48 Å². The van der Waals surface area contributed by atoms with Crippen LogP contribution in [0.1, 0.15) is 11.1 Å². The summed E-state index contributed by atoms with van der Waals surface area (Å²) in [7, 11) is 0. The third kappa shape index (κ3) is 4.91. The Balaban J connectivity index is 1.52. The Kier molecular flexibility index (Phi) is 5.41. The van der Waals surface area contributed by atoms with E-state index in [0.29, 0.717) is 18.8 Å². The standard InChI is InChI=1S/C19H18FN3O2/c20-17-6-8-18(9-7-17)25-14-19(24)21-12-15-4-1-2-5-16(15)13-23-11-3-10-22-23/h1-11H,12-14H2,(H,21,24). The Morgan fingerprint density at radius 1 is 1.08 bits per heavy atom. The molecule has 3 aromatic rings. The van der Waals surface area contributed by atoms with Crippen LogP contribution in [0.4, 0.5) is 4.39 Å². The molecule has 0 bridgehead atoms. The lowest BCUT2D eigenvalue weighted by molar-refractivity contribution is -0.123. The predicted molar refractivity (Wildman–Crippen MR) is 91.5 cm³/mol. The van der Waals surface area contributed by atoms with E-state index >= 15 is 0 Å². The molecule has 1 aromatic heterocycles. The van der Waals surface area contributed by atoms with E-state index in [0.717, 1.165) is 11.1 Å². The molecule has 0 spiro atoms. The summed E-state index contributed by atoms with van der Waals surface area (Å²) in [5, 5.41) is 7.03. The third-order valence-electron chi connectivity index (χ3n) is 3.67. The van der Waals surface area contributed by atoms with Crippen LogP contribution in [-0.2, 0) is 17.9 Å². The van der Waals surface area contributed by atoms with Gasteiger partial charge < -0.3 is 10.1 Å². The van der Waals surface area contributed by atoms with Gasteiger partial charge in [0.25, 0.3) is 5.91 Å². The van der Waals surface area contributed by atoms with Crippen molar-refractivity contribution in [1.29, 1.82) is 0 Å². The number of hydrogen-bond acceptors (Lipinski definition) is 3. The number of rotatable bonds is 7. The fourth-order valence-electron chi connectivity index (χ4n) is 2.38. The van der Waals surface area contributed by atoms with Gasteiger partial charge >= 0.3 is 0 Å². The maximum atomic E-state index is 12.8. The fraction of sp³-hybridized carbons (Fsp3) is 0.158. The van der Waals surface area contributed by atoms with Crippen molar-refractivity contribution < 1.29 is 13.9 Å². The summed E-state index contributed by atoms with van der Waals surface area (Å²) in [6, 6.07) is 15.3. The molecule has 2 aromatic carbocycles. The Labute approximate surface area is 145 Å². The second-order valence-electron chi connectivity index (χ2n) is 5.49. The van der Waals surface area contributed by atoms with Gasteiger partial charge in [0.1, 0.15) is 11.6 Å². The average molecular weight is 339 g/mol.